The van der Waals surface area contributed by atoms with E-state index >= 15 is 0 Å². The molecule has 1 aromatic heterocycles. The molecule has 134 valence electrons. The predicted molar refractivity (Wildman–Crippen MR) is 102 cm³/mol. The molecule has 7 nitrogen and oxygen atoms in total. The monoisotopic (exact) mass is 361 g/mol. The number of fused-ring (bicyclic) bond motifs is 3. The molecular weight excluding hydrogens is 346 g/mol. The molecule has 0 aliphatic carbocycles. The Morgan fingerprint density at radius 3 is 2.59 bits per heavy atom. The Kier molecular flexibility index (Phi) is 4.18. The predicted octanol–water partition coefficient (Wildman–Crippen LogP) is 4.18. The number of carbonyl (C=O) groups is 1. The highest BCUT2D eigenvalue weighted by Gasteiger charge is 2.13. The Labute approximate surface area is 153 Å². The van der Waals surface area contributed by atoms with E-state index in [2.05, 4.69) is 10.9 Å². The fourth-order valence-corrected chi connectivity index (χ4v) is 3.03. The molecule has 0 unspecified atom stereocenters. The first-order valence-electron chi connectivity index (χ1n) is 8.29. The Hall–Kier alpha value is -3.87. The van der Waals surface area contributed by atoms with Crippen LogP contribution in [0.3, 0.4) is 0 Å². The Balaban J connectivity index is 1.50. The standard InChI is InChI=1S/C20H15N3O4/c24-19(22-21-15-6-8-16(9-7-15)23(25)26)11-14-12-27-18-10-5-13-3-1-2-4-17(13)20(14)18/h1-10,12,21H,11H2,(H,22,24). The first-order chi connectivity index (χ1) is 13.1. The largest absolute Gasteiger partial charge is 0.464 e. The lowest BCUT2D eigenvalue weighted by Gasteiger charge is -2.08. The van der Waals surface area contributed by atoms with E-state index in [4.69, 9.17) is 4.42 Å². The van der Waals surface area contributed by atoms with E-state index in [-0.39, 0.29) is 18.0 Å². The van der Waals surface area contributed by atoms with Gasteiger partial charge in [-0.3, -0.25) is 25.8 Å². The zero-order valence-electron chi connectivity index (χ0n) is 14.1. The average Bonchev–Trinajstić information content (AvgIpc) is 3.10. The van der Waals surface area contributed by atoms with Gasteiger partial charge in [-0.15, -0.1) is 0 Å². The molecule has 0 fully saturated rings. The fraction of sp³-hybridized carbons (Fsp3) is 0.0500. The number of carbonyl (C=O) groups excluding carboxylic acids is 1. The summed E-state index contributed by atoms with van der Waals surface area (Å²) in [5.74, 6) is -0.246. The molecule has 2 N–H and O–H groups in total. The van der Waals surface area contributed by atoms with Crippen molar-refractivity contribution in [2.45, 2.75) is 6.42 Å². The van der Waals surface area contributed by atoms with Crippen LogP contribution in [-0.2, 0) is 11.2 Å². The van der Waals surface area contributed by atoms with Crippen LogP contribution < -0.4 is 10.9 Å². The summed E-state index contributed by atoms with van der Waals surface area (Å²) in [6, 6.07) is 17.6. The Bertz CT molecular complexity index is 1150. The fourth-order valence-electron chi connectivity index (χ4n) is 3.03. The van der Waals surface area contributed by atoms with Gasteiger partial charge in [0.2, 0.25) is 5.91 Å². The molecule has 1 amide bonds. The van der Waals surface area contributed by atoms with Crippen molar-refractivity contribution in [3.05, 3.63) is 82.6 Å². The van der Waals surface area contributed by atoms with Gasteiger partial charge >= 0.3 is 0 Å². The minimum Gasteiger partial charge on any atom is -0.464 e. The van der Waals surface area contributed by atoms with Gasteiger partial charge in [0.15, 0.2) is 0 Å². The summed E-state index contributed by atoms with van der Waals surface area (Å²) in [4.78, 5) is 22.5. The van der Waals surface area contributed by atoms with E-state index in [1.807, 2.05) is 36.4 Å². The molecule has 7 heteroatoms. The second-order valence-corrected chi connectivity index (χ2v) is 6.07. The van der Waals surface area contributed by atoms with Gasteiger partial charge in [-0.05, 0) is 29.0 Å². The van der Waals surface area contributed by atoms with Crippen molar-refractivity contribution in [3.8, 4) is 0 Å². The quantitative estimate of drug-likeness (QED) is 0.410. The number of nitro benzene ring substituents is 1. The molecule has 0 aliphatic rings. The number of hydrogen-bond acceptors (Lipinski definition) is 5. The highest BCUT2D eigenvalue weighted by Crippen LogP contribution is 2.30. The number of anilines is 1. The third-order valence-corrected chi connectivity index (χ3v) is 4.32. The molecule has 1 heterocycles. The second-order valence-electron chi connectivity index (χ2n) is 6.07. The normalized spacial score (nSPS) is 10.8. The maximum absolute atomic E-state index is 12.3. The molecule has 0 atom stereocenters. The third kappa shape index (κ3) is 3.30. The van der Waals surface area contributed by atoms with E-state index in [0.717, 1.165) is 27.3 Å². The molecule has 27 heavy (non-hydrogen) atoms. The first-order valence-corrected chi connectivity index (χ1v) is 8.29. The van der Waals surface area contributed by atoms with E-state index in [1.165, 1.54) is 24.3 Å². The summed E-state index contributed by atoms with van der Waals surface area (Å²) in [6.45, 7) is 0. The number of furan rings is 1. The smallest absolute Gasteiger partial charge is 0.269 e. The molecule has 4 aromatic rings. The van der Waals surface area contributed by atoms with E-state index < -0.39 is 4.92 Å². The van der Waals surface area contributed by atoms with Crippen molar-refractivity contribution >= 4 is 39.0 Å². The summed E-state index contributed by atoms with van der Waals surface area (Å²) in [6.07, 6.45) is 1.74. The van der Waals surface area contributed by atoms with Crippen LogP contribution >= 0.6 is 0 Å². The van der Waals surface area contributed by atoms with E-state index in [1.54, 1.807) is 6.26 Å². The summed E-state index contributed by atoms with van der Waals surface area (Å²) >= 11 is 0. The Morgan fingerprint density at radius 2 is 1.81 bits per heavy atom. The number of non-ortho nitro benzene ring substituents is 1. The lowest BCUT2D eigenvalue weighted by Crippen LogP contribution is -2.30. The number of rotatable bonds is 5. The Morgan fingerprint density at radius 1 is 1.04 bits per heavy atom. The van der Waals surface area contributed by atoms with E-state index in [0.29, 0.717) is 5.69 Å². The highest BCUT2D eigenvalue weighted by molar-refractivity contribution is 6.08. The van der Waals surface area contributed by atoms with Crippen molar-refractivity contribution in [1.82, 2.24) is 5.43 Å². The van der Waals surface area contributed by atoms with Gasteiger partial charge < -0.3 is 4.42 Å². The number of hydrogen-bond donors (Lipinski definition) is 2. The topological polar surface area (TPSA) is 97.4 Å². The van der Waals surface area contributed by atoms with Crippen LogP contribution in [-0.4, -0.2) is 10.8 Å². The summed E-state index contributed by atoms with van der Waals surface area (Å²) < 4.78 is 5.59. The molecule has 0 saturated carbocycles. The SMILES string of the molecule is O=C(Cc1coc2ccc3ccccc3c12)NNc1ccc([N+](=O)[O-])cc1. The van der Waals surface area contributed by atoms with Crippen molar-refractivity contribution < 1.29 is 14.1 Å². The summed E-state index contributed by atoms with van der Waals surface area (Å²) in [5, 5.41) is 13.7. The minimum absolute atomic E-state index is 0.0105. The van der Waals surface area contributed by atoms with Crippen molar-refractivity contribution in [2.24, 2.45) is 0 Å². The molecular formula is C20H15N3O4. The number of benzene rings is 3. The molecule has 0 radical (unpaired) electrons. The average molecular weight is 361 g/mol. The van der Waals surface area contributed by atoms with Gasteiger partial charge in [0.25, 0.3) is 5.69 Å². The minimum atomic E-state index is -0.476. The lowest BCUT2D eigenvalue weighted by atomic mass is 10.0. The van der Waals surface area contributed by atoms with E-state index in [9.17, 15) is 14.9 Å². The van der Waals surface area contributed by atoms with Gasteiger partial charge in [0, 0.05) is 23.1 Å². The molecule has 0 bridgehead atoms. The van der Waals surface area contributed by atoms with Crippen LogP contribution in [0.25, 0.3) is 21.7 Å². The summed E-state index contributed by atoms with van der Waals surface area (Å²) in [5.41, 5.74) is 7.43. The van der Waals surface area contributed by atoms with Crippen LogP contribution in [0.1, 0.15) is 5.56 Å². The number of nitrogens with zero attached hydrogens (tertiary/aromatic N) is 1. The number of hydrazine groups is 1. The highest BCUT2D eigenvalue weighted by atomic mass is 16.6. The van der Waals surface area contributed by atoms with Gasteiger partial charge in [-0.25, -0.2) is 0 Å². The maximum atomic E-state index is 12.3. The van der Waals surface area contributed by atoms with Crippen LogP contribution in [0, 0.1) is 10.1 Å². The van der Waals surface area contributed by atoms with Crippen LogP contribution in [0.15, 0.2) is 71.3 Å². The zero-order valence-corrected chi connectivity index (χ0v) is 14.1. The van der Waals surface area contributed by atoms with Crippen molar-refractivity contribution in [2.75, 3.05) is 5.43 Å². The number of nitrogens with one attached hydrogen (secondary N) is 2. The number of nitro groups is 1. The van der Waals surface area contributed by atoms with Crippen molar-refractivity contribution in [1.29, 1.82) is 0 Å². The van der Waals surface area contributed by atoms with Crippen molar-refractivity contribution in [3.63, 3.8) is 0 Å². The molecule has 4 rings (SSSR count). The van der Waals surface area contributed by atoms with Gasteiger partial charge in [0.05, 0.1) is 23.3 Å². The van der Waals surface area contributed by atoms with Crippen LogP contribution in [0.2, 0.25) is 0 Å². The summed E-state index contributed by atoms with van der Waals surface area (Å²) in [7, 11) is 0. The lowest BCUT2D eigenvalue weighted by molar-refractivity contribution is -0.384. The maximum Gasteiger partial charge on any atom is 0.269 e. The van der Waals surface area contributed by atoms with Gasteiger partial charge in [-0.1, -0.05) is 30.3 Å². The molecule has 3 aromatic carbocycles. The zero-order chi connectivity index (χ0) is 18.8. The first kappa shape index (κ1) is 16.6. The second kappa shape index (κ2) is 6.80. The van der Waals surface area contributed by atoms with Crippen LogP contribution in [0.5, 0.6) is 0 Å². The van der Waals surface area contributed by atoms with Gasteiger partial charge in [0.1, 0.15) is 5.58 Å². The molecule has 0 aliphatic heterocycles. The third-order valence-electron chi connectivity index (χ3n) is 4.32. The molecule has 0 saturated heterocycles. The molecule has 0 spiro atoms. The van der Waals surface area contributed by atoms with Gasteiger partial charge in [-0.2, -0.15) is 0 Å². The van der Waals surface area contributed by atoms with Crippen LogP contribution in [0.4, 0.5) is 11.4 Å². The number of amides is 1.